The smallest absolute Gasteiger partial charge is 0.355 e. The Balaban J connectivity index is 1.47. The summed E-state index contributed by atoms with van der Waals surface area (Å²) >= 11 is 1.28. The van der Waals surface area contributed by atoms with Gasteiger partial charge in [0.1, 0.15) is 17.1 Å². The van der Waals surface area contributed by atoms with E-state index in [1.54, 1.807) is 6.20 Å². The minimum atomic E-state index is -0.884. The Morgan fingerprint density at radius 2 is 2.09 bits per heavy atom. The largest absolute Gasteiger partial charge is 0.456 e. The molecule has 4 heterocycles. The van der Waals surface area contributed by atoms with Gasteiger partial charge in [0.25, 0.3) is 11.6 Å². The minimum Gasteiger partial charge on any atom is -0.456 e. The van der Waals surface area contributed by atoms with E-state index in [9.17, 15) is 29.6 Å². The molecule has 2 aliphatic heterocycles. The number of nitrogens with two attached hydrogens (primary N) is 1. The quantitative estimate of drug-likeness (QED) is 0.214. The average Bonchev–Trinajstić information content (AvgIpc) is 3.48. The monoisotopic (exact) mass is 497 g/mol. The lowest BCUT2D eigenvalue weighted by molar-refractivity contribution is -0.384. The number of esters is 1. The maximum atomic E-state index is 13.2. The van der Waals surface area contributed by atoms with E-state index in [1.807, 2.05) is 0 Å². The molecule has 35 heavy (non-hydrogen) atoms. The Morgan fingerprint density at radius 3 is 2.71 bits per heavy atom. The second kappa shape index (κ2) is 8.29. The van der Waals surface area contributed by atoms with Crippen molar-refractivity contribution >= 4 is 45.2 Å². The molecule has 0 unspecified atom stereocenters. The molecule has 180 valence electrons. The van der Waals surface area contributed by atoms with Gasteiger partial charge in [0.2, 0.25) is 11.7 Å². The topological polar surface area (TPSA) is 170 Å². The summed E-state index contributed by atoms with van der Waals surface area (Å²) < 4.78 is 6.99. The fraction of sp³-hybridized carbons (Fsp3) is 0.273. The van der Waals surface area contributed by atoms with Crippen LogP contribution in [-0.4, -0.2) is 54.2 Å². The summed E-state index contributed by atoms with van der Waals surface area (Å²) in [7, 11) is 0. The van der Waals surface area contributed by atoms with Crippen molar-refractivity contribution in [1.82, 2.24) is 14.3 Å². The van der Waals surface area contributed by atoms with Gasteiger partial charge in [0, 0.05) is 23.9 Å². The summed E-state index contributed by atoms with van der Waals surface area (Å²) in [6.45, 7) is 1.38. The lowest BCUT2D eigenvalue weighted by atomic mass is 9.83. The SMILES string of the molecule is C[C@@H](O)[C@H]1C(=O)N2C(C(=O)OCc3ccc([N+](=O)[O-])cc3)=C(c3cn4c(C(N)=O)ncc4s3)C[C@H]12. The lowest BCUT2D eigenvalue weighted by Crippen LogP contribution is -2.61. The van der Waals surface area contributed by atoms with Crippen LogP contribution in [0.15, 0.2) is 42.4 Å². The highest BCUT2D eigenvalue weighted by molar-refractivity contribution is 7.18. The van der Waals surface area contributed by atoms with Crippen LogP contribution in [0.1, 0.15) is 34.4 Å². The number of fused-ring (bicyclic) bond motifs is 2. The number of imidazole rings is 1. The molecule has 3 N–H and O–H groups in total. The van der Waals surface area contributed by atoms with E-state index in [0.29, 0.717) is 27.3 Å². The van der Waals surface area contributed by atoms with Gasteiger partial charge in [0.05, 0.1) is 34.1 Å². The van der Waals surface area contributed by atoms with Crippen molar-refractivity contribution in [3.8, 4) is 0 Å². The zero-order valence-electron chi connectivity index (χ0n) is 18.3. The van der Waals surface area contributed by atoms with Gasteiger partial charge >= 0.3 is 5.97 Å². The fourth-order valence-corrected chi connectivity index (χ4v) is 5.56. The number of aromatic nitrogens is 2. The van der Waals surface area contributed by atoms with Crippen LogP contribution in [-0.2, 0) is 20.9 Å². The van der Waals surface area contributed by atoms with Gasteiger partial charge < -0.3 is 20.5 Å². The molecule has 2 aromatic heterocycles. The van der Waals surface area contributed by atoms with Crippen molar-refractivity contribution in [3.05, 3.63) is 68.7 Å². The summed E-state index contributed by atoms with van der Waals surface area (Å²) in [5.74, 6) is -2.40. The molecule has 12 nitrogen and oxygen atoms in total. The molecule has 1 saturated heterocycles. The molecular formula is C22H19N5O7S. The number of primary amides is 1. The molecule has 0 saturated carbocycles. The summed E-state index contributed by atoms with van der Waals surface area (Å²) in [6.07, 6.45) is 2.58. The molecule has 1 fully saturated rings. The predicted octanol–water partition coefficient (Wildman–Crippen LogP) is 1.47. The molecule has 5 rings (SSSR count). The van der Waals surface area contributed by atoms with E-state index < -0.39 is 34.9 Å². The standard InChI is InChI=1S/C22H19N5O7S/c1-10(28)17-14-6-13(15-8-25-16(35-15)7-24-20(25)19(23)29)18(26(14)21(17)30)22(31)34-9-11-2-4-12(5-3-11)27(32)33/h2-5,7-8,10,14,17,28H,6,9H2,1H3,(H2,23,29)/t10-,14-,17-/m1/s1. The Kier molecular flexibility index (Phi) is 5.37. The molecule has 3 atom stereocenters. The Labute approximate surface area is 201 Å². The molecule has 0 bridgehead atoms. The lowest BCUT2D eigenvalue weighted by Gasteiger charge is -2.44. The van der Waals surface area contributed by atoms with Crippen molar-refractivity contribution in [1.29, 1.82) is 0 Å². The molecule has 3 aromatic rings. The van der Waals surface area contributed by atoms with E-state index in [4.69, 9.17) is 10.5 Å². The number of non-ortho nitro benzene ring substituents is 1. The maximum Gasteiger partial charge on any atom is 0.355 e. The number of aliphatic hydroxyl groups excluding tert-OH is 1. The summed E-state index contributed by atoms with van der Waals surface area (Å²) in [5, 5.41) is 20.9. The van der Waals surface area contributed by atoms with Crippen molar-refractivity contribution in [3.63, 3.8) is 0 Å². The fourth-order valence-electron chi connectivity index (χ4n) is 4.53. The van der Waals surface area contributed by atoms with Crippen LogP contribution in [0.3, 0.4) is 0 Å². The third-order valence-electron chi connectivity index (χ3n) is 6.18. The Morgan fingerprint density at radius 1 is 1.37 bits per heavy atom. The van der Waals surface area contributed by atoms with Gasteiger partial charge in [-0.1, -0.05) is 0 Å². The van der Waals surface area contributed by atoms with Crippen molar-refractivity contribution < 1.29 is 29.2 Å². The number of nitro benzene ring substituents is 1. The highest BCUT2D eigenvalue weighted by Crippen LogP contribution is 2.48. The van der Waals surface area contributed by atoms with Crippen molar-refractivity contribution in [2.75, 3.05) is 0 Å². The first-order valence-corrected chi connectivity index (χ1v) is 11.4. The van der Waals surface area contributed by atoms with E-state index >= 15 is 0 Å². The van der Waals surface area contributed by atoms with Crippen LogP contribution in [0.4, 0.5) is 5.69 Å². The van der Waals surface area contributed by atoms with Crippen LogP contribution in [0.2, 0.25) is 0 Å². The Hall–Kier alpha value is -4.10. The first-order chi connectivity index (χ1) is 16.7. The minimum absolute atomic E-state index is 0.0459. The van der Waals surface area contributed by atoms with Gasteiger partial charge in [-0.2, -0.15) is 0 Å². The number of nitrogens with zero attached hydrogens (tertiary/aromatic N) is 4. The number of nitro groups is 1. The Bertz CT molecular complexity index is 1420. The van der Waals surface area contributed by atoms with Gasteiger partial charge in [-0.05, 0) is 31.0 Å². The van der Waals surface area contributed by atoms with Crippen LogP contribution in [0, 0.1) is 16.0 Å². The second-order valence-electron chi connectivity index (χ2n) is 8.32. The molecule has 2 amide bonds. The zero-order chi connectivity index (χ0) is 25.0. The van der Waals surface area contributed by atoms with Crippen LogP contribution < -0.4 is 5.73 Å². The number of amides is 2. The number of β-lactam (4-membered cyclic amide) rings is 1. The van der Waals surface area contributed by atoms with E-state index in [1.165, 1.54) is 58.0 Å². The number of carbonyl (C=O) groups is 3. The van der Waals surface area contributed by atoms with E-state index in [-0.39, 0.29) is 29.7 Å². The van der Waals surface area contributed by atoms with Crippen LogP contribution in [0.5, 0.6) is 0 Å². The van der Waals surface area contributed by atoms with E-state index in [2.05, 4.69) is 4.98 Å². The normalized spacial score (nSPS) is 20.1. The molecular weight excluding hydrogens is 478 g/mol. The molecule has 0 radical (unpaired) electrons. The molecule has 0 spiro atoms. The number of aliphatic hydroxyl groups is 1. The number of benzene rings is 1. The van der Waals surface area contributed by atoms with Gasteiger partial charge in [0.15, 0.2) is 0 Å². The van der Waals surface area contributed by atoms with Crippen LogP contribution in [0.25, 0.3) is 10.4 Å². The highest BCUT2D eigenvalue weighted by atomic mass is 32.1. The van der Waals surface area contributed by atoms with Gasteiger partial charge in [-0.3, -0.25) is 24.1 Å². The molecule has 0 aliphatic carbocycles. The average molecular weight is 497 g/mol. The number of ether oxygens (including phenoxy) is 1. The second-order valence-corrected chi connectivity index (χ2v) is 9.38. The molecule has 2 aliphatic rings. The van der Waals surface area contributed by atoms with Gasteiger partial charge in [-0.15, -0.1) is 11.3 Å². The van der Waals surface area contributed by atoms with Crippen molar-refractivity contribution in [2.45, 2.75) is 32.1 Å². The number of hydrogen-bond donors (Lipinski definition) is 2. The summed E-state index contributed by atoms with van der Waals surface area (Å²) in [6, 6.07) is 5.19. The number of thiazole rings is 1. The van der Waals surface area contributed by atoms with Crippen molar-refractivity contribution in [2.24, 2.45) is 11.7 Å². The summed E-state index contributed by atoms with van der Waals surface area (Å²) in [5.41, 5.74) is 6.48. The maximum absolute atomic E-state index is 13.2. The predicted molar refractivity (Wildman–Crippen MR) is 122 cm³/mol. The molecule has 1 aromatic carbocycles. The summed E-state index contributed by atoms with van der Waals surface area (Å²) in [4.78, 5) is 54.6. The number of hydrogen-bond acceptors (Lipinski definition) is 9. The third-order valence-corrected chi connectivity index (χ3v) is 7.26. The van der Waals surface area contributed by atoms with E-state index in [0.717, 1.165) is 0 Å². The first-order valence-electron chi connectivity index (χ1n) is 10.6. The number of carbonyl (C=O) groups excluding carboxylic acids is 3. The van der Waals surface area contributed by atoms with Crippen LogP contribution >= 0.6 is 11.3 Å². The highest BCUT2D eigenvalue weighted by Gasteiger charge is 2.57. The third kappa shape index (κ3) is 3.65. The zero-order valence-corrected chi connectivity index (χ0v) is 19.1. The van der Waals surface area contributed by atoms with Gasteiger partial charge in [-0.25, -0.2) is 9.78 Å². The molecule has 13 heteroatoms. The number of rotatable bonds is 7. The first kappa shape index (κ1) is 22.7.